The van der Waals surface area contributed by atoms with Crippen LogP contribution in [0.25, 0.3) is 0 Å². The van der Waals surface area contributed by atoms with Gasteiger partial charge in [0.1, 0.15) is 5.75 Å². The molecule has 1 N–H and O–H groups in total. The Hall–Kier alpha value is -1.58. The lowest BCUT2D eigenvalue weighted by molar-refractivity contribution is 0.475. The molecule has 3 nitrogen and oxygen atoms in total. The van der Waals surface area contributed by atoms with Gasteiger partial charge in [-0.25, -0.2) is 9.98 Å². The molecule has 5 heteroatoms. The highest BCUT2D eigenvalue weighted by Crippen LogP contribution is 2.30. The predicted molar refractivity (Wildman–Crippen MR) is 74.4 cm³/mol. The summed E-state index contributed by atoms with van der Waals surface area (Å²) in [5.41, 5.74) is 1.40. The molecule has 0 fully saturated rings. The molecule has 1 heterocycles. The van der Waals surface area contributed by atoms with E-state index in [4.69, 9.17) is 23.2 Å². The van der Waals surface area contributed by atoms with Gasteiger partial charge in [-0.05, 0) is 30.7 Å². The lowest BCUT2D eigenvalue weighted by atomic mass is 10.2. The highest BCUT2D eigenvalue weighted by atomic mass is 35.5. The smallest absolute Gasteiger partial charge is 0.154 e. The van der Waals surface area contributed by atoms with Crippen molar-refractivity contribution in [2.75, 3.05) is 0 Å². The molecule has 0 radical (unpaired) electrons. The molecule has 0 aliphatic heterocycles. The van der Waals surface area contributed by atoms with Gasteiger partial charge < -0.3 is 5.11 Å². The molecular weight excluding hydrogens is 271 g/mol. The van der Waals surface area contributed by atoms with Crippen molar-refractivity contribution in [3.63, 3.8) is 0 Å². The number of aromatic hydroxyl groups is 1. The Labute approximate surface area is 115 Å². The molecule has 2 rings (SSSR count). The highest BCUT2D eigenvalue weighted by molar-refractivity contribution is 6.36. The minimum absolute atomic E-state index is 0.0431. The summed E-state index contributed by atoms with van der Waals surface area (Å²) in [6, 6.07) is 6.80. The standard InChI is InChI=1S/C13H10Cl2N2O/c1-8-3-2-4-16-13(8)17-7-9-5-10(14)6-11(15)12(9)18/h2-7,18H,1H3/b17-7+. The molecule has 1 aromatic carbocycles. The molecule has 0 bridgehead atoms. The number of hydrogen-bond donors (Lipinski definition) is 1. The van der Waals surface area contributed by atoms with E-state index < -0.39 is 0 Å². The number of benzene rings is 1. The van der Waals surface area contributed by atoms with E-state index in [1.807, 2.05) is 19.1 Å². The minimum atomic E-state index is -0.0431. The topological polar surface area (TPSA) is 45.5 Å². The lowest BCUT2D eigenvalue weighted by Crippen LogP contribution is -1.85. The van der Waals surface area contributed by atoms with Crippen LogP contribution in [0.1, 0.15) is 11.1 Å². The molecule has 0 spiro atoms. The Morgan fingerprint density at radius 2 is 2.11 bits per heavy atom. The van der Waals surface area contributed by atoms with Gasteiger partial charge in [0.25, 0.3) is 0 Å². The van der Waals surface area contributed by atoms with Crippen LogP contribution in [0.4, 0.5) is 5.82 Å². The summed E-state index contributed by atoms with van der Waals surface area (Å²) in [4.78, 5) is 8.33. The molecule has 0 aliphatic carbocycles. The Morgan fingerprint density at radius 1 is 1.33 bits per heavy atom. The van der Waals surface area contributed by atoms with Crippen molar-refractivity contribution in [3.8, 4) is 5.75 Å². The van der Waals surface area contributed by atoms with E-state index in [2.05, 4.69) is 9.98 Å². The minimum Gasteiger partial charge on any atom is -0.506 e. The third-order valence-corrected chi connectivity index (χ3v) is 2.87. The number of rotatable bonds is 2. The van der Waals surface area contributed by atoms with E-state index in [9.17, 15) is 5.11 Å². The number of halogens is 2. The second-order valence-corrected chi connectivity index (χ2v) is 4.57. The van der Waals surface area contributed by atoms with Gasteiger partial charge in [0, 0.05) is 23.0 Å². The fraction of sp³-hybridized carbons (Fsp3) is 0.0769. The van der Waals surface area contributed by atoms with E-state index >= 15 is 0 Å². The first-order chi connectivity index (χ1) is 8.58. The number of hydrogen-bond acceptors (Lipinski definition) is 3. The maximum Gasteiger partial charge on any atom is 0.154 e. The van der Waals surface area contributed by atoms with Gasteiger partial charge in [-0.15, -0.1) is 0 Å². The van der Waals surface area contributed by atoms with Gasteiger partial charge in [0.05, 0.1) is 5.02 Å². The first kappa shape index (κ1) is 12.9. The van der Waals surface area contributed by atoms with Crippen molar-refractivity contribution in [2.24, 2.45) is 4.99 Å². The van der Waals surface area contributed by atoms with E-state index in [1.165, 1.54) is 12.3 Å². The molecule has 92 valence electrons. The number of phenolic OH excluding ortho intramolecular Hbond substituents is 1. The average Bonchev–Trinajstić information content (AvgIpc) is 2.33. The average molecular weight is 281 g/mol. The summed E-state index contributed by atoms with van der Waals surface area (Å²) < 4.78 is 0. The van der Waals surface area contributed by atoms with E-state index in [-0.39, 0.29) is 10.8 Å². The Morgan fingerprint density at radius 3 is 2.83 bits per heavy atom. The molecule has 0 saturated heterocycles. The van der Waals surface area contributed by atoms with Crippen molar-refractivity contribution in [1.29, 1.82) is 0 Å². The van der Waals surface area contributed by atoms with Gasteiger partial charge >= 0.3 is 0 Å². The molecule has 2 aromatic rings. The summed E-state index contributed by atoms with van der Waals surface area (Å²) in [6.45, 7) is 1.91. The van der Waals surface area contributed by atoms with Crippen LogP contribution in [-0.2, 0) is 0 Å². The van der Waals surface area contributed by atoms with Crippen molar-refractivity contribution in [2.45, 2.75) is 6.92 Å². The summed E-state index contributed by atoms with van der Waals surface area (Å²) in [6.07, 6.45) is 3.15. The molecular formula is C13H10Cl2N2O. The molecule has 0 aliphatic rings. The molecule has 0 atom stereocenters. The van der Waals surface area contributed by atoms with Crippen LogP contribution in [-0.4, -0.2) is 16.3 Å². The number of nitrogens with zero attached hydrogens (tertiary/aromatic N) is 2. The maximum absolute atomic E-state index is 9.77. The Balaban J connectivity index is 2.38. The zero-order chi connectivity index (χ0) is 13.1. The van der Waals surface area contributed by atoms with E-state index in [1.54, 1.807) is 12.3 Å². The Kier molecular flexibility index (Phi) is 3.84. The van der Waals surface area contributed by atoms with E-state index in [0.717, 1.165) is 5.56 Å². The van der Waals surface area contributed by atoms with Crippen LogP contribution < -0.4 is 0 Å². The lowest BCUT2D eigenvalue weighted by Gasteiger charge is -2.02. The molecule has 0 unspecified atom stereocenters. The van der Waals surface area contributed by atoms with Gasteiger partial charge in [-0.1, -0.05) is 29.3 Å². The monoisotopic (exact) mass is 280 g/mol. The van der Waals surface area contributed by atoms with Gasteiger partial charge in [0.15, 0.2) is 5.82 Å². The molecule has 18 heavy (non-hydrogen) atoms. The highest BCUT2D eigenvalue weighted by Gasteiger charge is 2.06. The van der Waals surface area contributed by atoms with Crippen LogP contribution in [0.3, 0.4) is 0 Å². The maximum atomic E-state index is 9.77. The Bertz CT molecular complexity index is 612. The van der Waals surface area contributed by atoms with Crippen LogP contribution >= 0.6 is 23.2 Å². The third-order valence-electron chi connectivity index (χ3n) is 2.37. The molecule has 1 aromatic heterocycles. The van der Waals surface area contributed by atoms with Crippen molar-refractivity contribution < 1.29 is 5.11 Å². The quantitative estimate of drug-likeness (QED) is 0.840. The van der Waals surface area contributed by atoms with Crippen LogP contribution in [0, 0.1) is 6.92 Å². The SMILES string of the molecule is Cc1cccnc1/N=C/c1cc(Cl)cc(Cl)c1O. The number of aryl methyl sites for hydroxylation is 1. The van der Waals surface area contributed by atoms with Crippen molar-refractivity contribution in [3.05, 3.63) is 51.6 Å². The van der Waals surface area contributed by atoms with Gasteiger partial charge in [-0.3, -0.25) is 0 Å². The second kappa shape index (κ2) is 5.38. The fourth-order valence-electron chi connectivity index (χ4n) is 1.43. The number of pyridine rings is 1. The van der Waals surface area contributed by atoms with Crippen LogP contribution in [0.2, 0.25) is 10.0 Å². The number of aliphatic imine (C=N–C) groups is 1. The normalized spacial score (nSPS) is 11.1. The van der Waals surface area contributed by atoms with Gasteiger partial charge in [0.2, 0.25) is 0 Å². The first-order valence-corrected chi connectivity index (χ1v) is 5.97. The zero-order valence-electron chi connectivity index (χ0n) is 9.56. The number of aromatic nitrogens is 1. The third kappa shape index (κ3) is 2.81. The zero-order valence-corrected chi connectivity index (χ0v) is 11.1. The second-order valence-electron chi connectivity index (χ2n) is 3.73. The van der Waals surface area contributed by atoms with E-state index in [0.29, 0.717) is 16.4 Å². The summed E-state index contributed by atoms with van der Waals surface area (Å²) in [5.74, 6) is 0.548. The largest absolute Gasteiger partial charge is 0.506 e. The van der Waals surface area contributed by atoms with Crippen molar-refractivity contribution >= 4 is 35.2 Å². The molecule has 0 saturated carbocycles. The van der Waals surface area contributed by atoms with Crippen molar-refractivity contribution in [1.82, 2.24) is 4.98 Å². The first-order valence-electron chi connectivity index (χ1n) is 5.21. The summed E-state index contributed by atoms with van der Waals surface area (Å²) in [7, 11) is 0. The number of phenols is 1. The molecule has 0 amide bonds. The fourth-order valence-corrected chi connectivity index (χ4v) is 1.94. The summed E-state index contributed by atoms with van der Waals surface area (Å²) in [5, 5.41) is 10.4. The van der Waals surface area contributed by atoms with Crippen LogP contribution in [0.15, 0.2) is 35.5 Å². The van der Waals surface area contributed by atoms with Crippen LogP contribution in [0.5, 0.6) is 5.75 Å². The van der Waals surface area contributed by atoms with Gasteiger partial charge in [-0.2, -0.15) is 0 Å². The summed E-state index contributed by atoms with van der Waals surface area (Å²) >= 11 is 11.7. The predicted octanol–water partition coefficient (Wildman–Crippen LogP) is 4.15.